The van der Waals surface area contributed by atoms with E-state index in [2.05, 4.69) is 74.6 Å². The molecule has 8 nitrogen and oxygen atoms in total. The number of hydrogen-bond donors (Lipinski definition) is 0. The average Bonchev–Trinajstić information content (AvgIpc) is 3.17. The molecule has 0 saturated heterocycles. The lowest BCUT2D eigenvalue weighted by atomic mass is 10.1. The van der Waals surface area contributed by atoms with Gasteiger partial charge in [0.2, 0.25) is 0 Å². The van der Waals surface area contributed by atoms with Crippen LogP contribution in [0, 0.1) is 0 Å². The maximum atomic E-state index is 12.7. The molecule has 0 saturated carbocycles. The van der Waals surface area contributed by atoms with Crippen molar-refractivity contribution in [3.8, 4) is 0 Å². The van der Waals surface area contributed by atoms with Gasteiger partial charge in [-0.3, -0.25) is 9.59 Å². The third kappa shape index (κ3) is 38.1. The summed E-state index contributed by atoms with van der Waals surface area (Å²) in [5.74, 6) is -1.77. The Hall–Kier alpha value is -3.23. The van der Waals surface area contributed by atoms with Crippen LogP contribution in [-0.2, 0) is 28.6 Å². The summed E-state index contributed by atoms with van der Waals surface area (Å²) >= 11 is 0. The molecule has 2 unspecified atom stereocenters. The molecule has 0 N–H and O–H groups in total. The van der Waals surface area contributed by atoms with Crippen LogP contribution in [0.5, 0.6) is 0 Å². The number of carboxylic acids is 1. The predicted octanol–water partition coefficient (Wildman–Crippen LogP) is 11.0. The highest BCUT2D eigenvalue weighted by molar-refractivity contribution is 5.70. The maximum Gasteiger partial charge on any atom is 0.306 e. The Labute approximate surface area is 349 Å². The van der Waals surface area contributed by atoms with Gasteiger partial charge in [0.1, 0.15) is 12.6 Å². The molecule has 8 heteroatoms. The fourth-order valence-corrected chi connectivity index (χ4v) is 6.20. The lowest BCUT2D eigenvalue weighted by Crippen LogP contribution is -2.55. The zero-order chi connectivity index (χ0) is 42.1. The highest BCUT2D eigenvalue weighted by Gasteiger charge is 2.25. The Bertz CT molecular complexity index is 1160. The zero-order valence-corrected chi connectivity index (χ0v) is 37.0. The van der Waals surface area contributed by atoms with E-state index in [4.69, 9.17) is 14.2 Å². The van der Waals surface area contributed by atoms with Crippen molar-refractivity contribution in [2.24, 2.45) is 0 Å². The molecule has 0 aromatic carbocycles. The molecule has 0 fully saturated rings. The lowest BCUT2D eigenvalue weighted by Gasteiger charge is -2.34. The molecule has 0 spiro atoms. The van der Waals surface area contributed by atoms with E-state index in [1.807, 2.05) is 12.2 Å². The summed E-state index contributed by atoms with van der Waals surface area (Å²) in [4.78, 5) is 36.9. The number of carbonyl (C=O) groups is 3. The first-order valence-corrected chi connectivity index (χ1v) is 22.5. The molecule has 0 rings (SSSR count). The number of carboxylic acid groups (broad SMARTS) is 1. The maximum absolute atomic E-state index is 12.7. The number of allylic oxidation sites excluding steroid dienone is 12. The van der Waals surface area contributed by atoms with E-state index in [-0.39, 0.29) is 42.7 Å². The molecule has 0 aromatic rings. The molecule has 0 aliphatic rings. The van der Waals surface area contributed by atoms with Crippen molar-refractivity contribution in [1.82, 2.24) is 0 Å². The highest BCUT2D eigenvalue weighted by atomic mass is 16.6. The van der Waals surface area contributed by atoms with E-state index in [1.165, 1.54) is 51.4 Å². The van der Waals surface area contributed by atoms with E-state index in [0.29, 0.717) is 12.8 Å². The molecule has 0 aliphatic carbocycles. The molecule has 0 aliphatic heterocycles. The Kier molecular flexibility index (Phi) is 37.3. The largest absolute Gasteiger partial charge is 0.544 e. The summed E-state index contributed by atoms with van der Waals surface area (Å²) in [6.45, 7) is 4.38. The van der Waals surface area contributed by atoms with Crippen LogP contribution in [0.2, 0.25) is 0 Å². The number of ether oxygens (including phenoxy) is 3. The minimum absolute atomic E-state index is 0.0278. The SMILES string of the molecule is CC/C=C/C=C/C=C/CCCCCCCC(=O)OC(COCCC(C(=O)[O-])[N+](C)(C)C)COC(=O)CCCCCCCCCCCC/C=C/C/C=C/C/C=C/CC. The molecule has 0 bridgehead atoms. The smallest absolute Gasteiger partial charge is 0.306 e. The zero-order valence-electron chi connectivity index (χ0n) is 37.0. The van der Waals surface area contributed by atoms with Gasteiger partial charge in [0.05, 0.1) is 40.3 Å². The Morgan fingerprint density at radius 3 is 1.56 bits per heavy atom. The van der Waals surface area contributed by atoms with Crippen molar-refractivity contribution in [2.75, 3.05) is 41.0 Å². The van der Waals surface area contributed by atoms with Crippen LogP contribution in [0.4, 0.5) is 0 Å². The van der Waals surface area contributed by atoms with Crippen molar-refractivity contribution in [1.29, 1.82) is 0 Å². The molecular weight excluding hydrogens is 715 g/mol. The van der Waals surface area contributed by atoms with Gasteiger partial charge in [-0.25, -0.2) is 0 Å². The van der Waals surface area contributed by atoms with Gasteiger partial charge >= 0.3 is 11.9 Å². The van der Waals surface area contributed by atoms with Gasteiger partial charge in [0.15, 0.2) is 6.10 Å². The second-order valence-corrected chi connectivity index (χ2v) is 15.9. The van der Waals surface area contributed by atoms with Gasteiger partial charge in [-0.2, -0.15) is 0 Å². The number of rotatable bonds is 39. The van der Waals surface area contributed by atoms with E-state index in [0.717, 1.165) is 83.5 Å². The van der Waals surface area contributed by atoms with Gasteiger partial charge in [0.25, 0.3) is 0 Å². The Morgan fingerprint density at radius 2 is 1.02 bits per heavy atom. The summed E-state index contributed by atoms with van der Waals surface area (Å²) in [6, 6.07) is -0.733. The van der Waals surface area contributed by atoms with Crippen molar-refractivity contribution in [3.05, 3.63) is 72.9 Å². The molecule has 2 atom stereocenters. The fraction of sp³-hybridized carbons (Fsp3) is 0.694. The molecule has 0 aromatic heterocycles. The fourth-order valence-electron chi connectivity index (χ4n) is 6.20. The number of hydrogen-bond acceptors (Lipinski definition) is 7. The highest BCUT2D eigenvalue weighted by Crippen LogP contribution is 2.14. The van der Waals surface area contributed by atoms with E-state index < -0.39 is 18.1 Å². The molecule has 0 amide bonds. The first-order chi connectivity index (χ1) is 27.6. The summed E-state index contributed by atoms with van der Waals surface area (Å²) in [5, 5.41) is 11.6. The minimum Gasteiger partial charge on any atom is -0.544 e. The van der Waals surface area contributed by atoms with Crippen LogP contribution < -0.4 is 5.11 Å². The van der Waals surface area contributed by atoms with Crippen LogP contribution in [-0.4, -0.2) is 75.5 Å². The number of esters is 2. The van der Waals surface area contributed by atoms with E-state index >= 15 is 0 Å². The molecule has 0 radical (unpaired) electrons. The number of unbranched alkanes of at least 4 members (excludes halogenated alkanes) is 15. The summed E-state index contributed by atoms with van der Waals surface area (Å²) < 4.78 is 17.1. The number of carbonyl (C=O) groups excluding carboxylic acids is 3. The Balaban J connectivity index is 4.31. The van der Waals surface area contributed by atoms with E-state index in [1.54, 1.807) is 21.1 Å². The quantitative estimate of drug-likeness (QED) is 0.0201. The normalized spacial score (nSPS) is 13.6. The van der Waals surface area contributed by atoms with Crippen LogP contribution in [0.15, 0.2) is 72.9 Å². The van der Waals surface area contributed by atoms with Crippen LogP contribution in [0.25, 0.3) is 0 Å². The van der Waals surface area contributed by atoms with Gasteiger partial charge < -0.3 is 28.6 Å². The third-order valence-electron chi connectivity index (χ3n) is 9.65. The van der Waals surface area contributed by atoms with Gasteiger partial charge in [-0.1, -0.05) is 157 Å². The lowest BCUT2D eigenvalue weighted by molar-refractivity contribution is -0.889. The van der Waals surface area contributed by atoms with Gasteiger partial charge in [0, 0.05) is 19.3 Å². The second kappa shape index (κ2) is 39.6. The Morgan fingerprint density at radius 1 is 0.544 bits per heavy atom. The van der Waals surface area contributed by atoms with Crippen molar-refractivity contribution < 1.29 is 38.2 Å². The second-order valence-electron chi connectivity index (χ2n) is 15.9. The molecule has 57 heavy (non-hydrogen) atoms. The van der Waals surface area contributed by atoms with E-state index in [9.17, 15) is 19.5 Å². The van der Waals surface area contributed by atoms with Crippen LogP contribution in [0.3, 0.4) is 0 Å². The van der Waals surface area contributed by atoms with Crippen LogP contribution >= 0.6 is 0 Å². The standard InChI is InChI=1S/C49H83NO7/c1-6-8-10-12-14-16-18-20-21-22-23-24-25-26-28-29-31-33-35-37-39-47(51)56-44-45(43-55-42-41-46(49(53)54)50(3,4)5)57-48(52)40-38-36-34-32-30-27-19-17-15-13-11-9-7-2/h8-11,13-17,19-21,45-46H,6-7,12,18,22-44H2,1-5H3/b10-8+,11-9+,15-13+,16-14+,19-17+,21-20+. The molecular formula is C49H83NO7. The molecule has 326 valence electrons. The van der Waals surface area contributed by atoms with Gasteiger partial charge in [-0.05, 0) is 64.2 Å². The first kappa shape index (κ1) is 53.8. The third-order valence-corrected chi connectivity index (χ3v) is 9.65. The number of likely N-dealkylation sites (N-methyl/N-ethyl adjacent to an activating group) is 1. The number of nitrogens with zero attached hydrogens (tertiary/aromatic N) is 1. The summed E-state index contributed by atoms with van der Waals surface area (Å²) in [7, 11) is 5.39. The summed E-state index contributed by atoms with van der Waals surface area (Å²) in [6.07, 6.45) is 49.3. The average molecular weight is 798 g/mol. The van der Waals surface area contributed by atoms with Crippen molar-refractivity contribution in [2.45, 2.75) is 180 Å². The van der Waals surface area contributed by atoms with Crippen molar-refractivity contribution >= 4 is 17.9 Å². The monoisotopic (exact) mass is 798 g/mol. The first-order valence-electron chi connectivity index (χ1n) is 22.5. The van der Waals surface area contributed by atoms with Gasteiger partial charge in [-0.15, -0.1) is 0 Å². The predicted molar refractivity (Wildman–Crippen MR) is 235 cm³/mol. The summed E-state index contributed by atoms with van der Waals surface area (Å²) in [5.41, 5.74) is 0. The number of quaternary nitrogens is 1. The molecule has 0 heterocycles. The number of aliphatic carboxylic acids is 1. The van der Waals surface area contributed by atoms with Crippen LogP contribution in [0.1, 0.15) is 168 Å². The van der Waals surface area contributed by atoms with Crippen molar-refractivity contribution in [3.63, 3.8) is 0 Å². The topological polar surface area (TPSA) is 102 Å². The minimum atomic E-state index is -1.13.